The van der Waals surface area contributed by atoms with Gasteiger partial charge in [-0.2, -0.15) is 0 Å². The van der Waals surface area contributed by atoms with Crippen LogP contribution in [0.3, 0.4) is 0 Å². The van der Waals surface area contributed by atoms with Crippen LogP contribution < -0.4 is 16.4 Å². The molecule has 0 aliphatic carbocycles. The third-order valence-corrected chi connectivity index (χ3v) is 5.55. The highest BCUT2D eigenvalue weighted by Gasteiger charge is 2.33. The molecule has 0 saturated carbocycles. The Balaban J connectivity index is 2.60. The van der Waals surface area contributed by atoms with E-state index in [1.807, 2.05) is 36.4 Å². The van der Waals surface area contributed by atoms with Gasteiger partial charge in [-0.3, -0.25) is 0 Å². The molecule has 0 N–H and O–H groups in total. The highest BCUT2D eigenvalue weighted by molar-refractivity contribution is 6.96. The molecule has 0 amide bonds. The van der Waals surface area contributed by atoms with Gasteiger partial charge in [0.05, 0.1) is 0 Å². The SMILES string of the molecule is [2H]C([2H])([2H])c1cccc(C([2H])([2H])[2H])c1B(c1ccccc1C(C)(C)C)c1ccccc1C(C)(C)C. The van der Waals surface area contributed by atoms with Crippen LogP contribution in [0, 0.1) is 13.7 Å². The lowest BCUT2D eigenvalue weighted by Crippen LogP contribution is -2.57. The van der Waals surface area contributed by atoms with Crippen LogP contribution in [-0.2, 0) is 10.8 Å². The summed E-state index contributed by atoms with van der Waals surface area (Å²) in [6, 6.07) is 20.7. The van der Waals surface area contributed by atoms with E-state index in [2.05, 4.69) is 53.7 Å². The zero-order valence-electron chi connectivity index (χ0n) is 24.4. The Hall–Kier alpha value is -2.28. The molecule has 0 heterocycles. The van der Waals surface area contributed by atoms with Crippen molar-refractivity contribution in [2.45, 2.75) is 66.1 Å². The van der Waals surface area contributed by atoms with Crippen LogP contribution in [-0.4, -0.2) is 6.71 Å². The van der Waals surface area contributed by atoms with Crippen LogP contribution in [0.5, 0.6) is 0 Å². The Morgan fingerprint density at radius 1 is 0.586 bits per heavy atom. The summed E-state index contributed by atoms with van der Waals surface area (Å²) in [6.07, 6.45) is 0. The molecule has 0 bridgehead atoms. The summed E-state index contributed by atoms with van der Waals surface area (Å²) in [4.78, 5) is 0. The van der Waals surface area contributed by atoms with Crippen LogP contribution in [0.25, 0.3) is 0 Å². The number of hydrogen-bond acceptors (Lipinski definition) is 0. The van der Waals surface area contributed by atoms with Crippen molar-refractivity contribution in [3.05, 3.63) is 89.0 Å². The van der Waals surface area contributed by atoms with Crippen molar-refractivity contribution in [2.75, 3.05) is 0 Å². The highest BCUT2D eigenvalue weighted by Crippen LogP contribution is 2.24. The summed E-state index contributed by atoms with van der Waals surface area (Å²) in [5, 5.41) is 0. The average molecular weight is 388 g/mol. The van der Waals surface area contributed by atoms with Gasteiger partial charge >= 0.3 is 0 Å². The Morgan fingerprint density at radius 2 is 1.00 bits per heavy atom. The first-order valence-corrected chi connectivity index (χ1v) is 10.3. The highest BCUT2D eigenvalue weighted by atomic mass is 14.2. The molecule has 0 nitrogen and oxygen atoms in total. The number of benzene rings is 3. The van der Waals surface area contributed by atoms with Crippen molar-refractivity contribution < 1.29 is 8.22 Å². The van der Waals surface area contributed by atoms with Crippen LogP contribution in [0.2, 0.25) is 0 Å². The van der Waals surface area contributed by atoms with Crippen LogP contribution >= 0.6 is 0 Å². The summed E-state index contributed by atoms with van der Waals surface area (Å²) in [5.74, 6) is 0. The molecule has 0 spiro atoms. The second kappa shape index (κ2) is 7.86. The van der Waals surface area contributed by atoms with Gasteiger partial charge in [0.1, 0.15) is 0 Å². The fraction of sp³-hybridized carbons (Fsp3) is 0.357. The van der Waals surface area contributed by atoms with Gasteiger partial charge in [0.2, 0.25) is 6.71 Å². The van der Waals surface area contributed by atoms with Gasteiger partial charge in [-0.15, -0.1) is 0 Å². The summed E-state index contributed by atoms with van der Waals surface area (Å²) < 4.78 is 50.0. The predicted molar refractivity (Wildman–Crippen MR) is 131 cm³/mol. The first-order valence-electron chi connectivity index (χ1n) is 13.3. The van der Waals surface area contributed by atoms with Crippen molar-refractivity contribution >= 4 is 23.1 Å². The molecule has 29 heavy (non-hydrogen) atoms. The van der Waals surface area contributed by atoms with Crippen molar-refractivity contribution in [1.29, 1.82) is 0 Å². The molecule has 0 aromatic heterocycles. The summed E-state index contributed by atoms with van der Waals surface area (Å²) in [5.41, 5.74) is 4.04. The van der Waals surface area contributed by atoms with Crippen LogP contribution in [0.1, 0.15) is 72.0 Å². The molecule has 0 saturated heterocycles. The smallest absolute Gasteiger partial charge is 0.0667 e. The monoisotopic (exact) mass is 388 g/mol. The zero-order chi connectivity index (χ0) is 26.4. The van der Waals surface area contributed by atoms with Crippen molar-refractivity contribution in [1.82, 2.24) is 0 Å². The van der Waals surface area contributed by atoms with E-state index in [9.17, 15) is 0 Å². The normalized spacial score (nSPS) is 16.1. The molecular formula is C28H35B. The van der Waals surface area contributed by atoms with Gasteiger partial charge in [0.15, 0.2) is 0 Å². The molecule has 0 aliphatic rings. The first kappa shape index (κ1) is 14.7. The van der Waals surface area contributed by atoms with E-state index in [1.54, 1.807) is 18.2 Å². The maximum Gasteiger partial charge on any atom is 0.242 e. The molecule has 150 valence electrons. The third kappa shape index (κ3) is 4.35. The minimum Gasteiger partial charge on any atom is -0.0667 e. The molecular weight excluding hydrogens is 347 g/mol. The van der Waals surface area contributed by atoms with Gasteiger partial charge in [-0.05, 0) is 35.7 Å². The lowest BCUT2D eigenvalue weighted by atomic mass is 9.33. The maximum absolute atomic E-state index is 8.34. The Labute approximate surface area is 186 Å². The molecule has 3 aromatic rings. The lowest BCUT2D eigenvalue weighted by Gasteiger charge is -2.31. The van der Waals surface area contributed by atoms with E-state index >= 15 is 0 Å². The molecule has 3 rings (SSSR count). The molecule has 0 radical (unpaired) electrons. The van der Waals surface area contributed by atoms with Crippen molar-refractivity contribution in [3.63, 3.8) is 0 Å². The van der Waals surface area contributed by atoms with Gasteiger partial charge in [-0.1, -0.05) is 136 Å². The average Bonchev–Trinajstić information content (AvgIpc) is 2.72. The maximum atomic E-state index is 8.34. The van der Waals surface area contributed by atoms with E-state index < -0.39 is 20.4 Å². The fourth-order valence-corrected chi connectivity index (χ4v) is 4.22. The van der Waals surface area contributed by atoms with Gasteiger partial charge in [0, 0.05) is 8.22 Å². The molecule has 1 heteroatoms. The van der Waals surface area contributed by atoms with E-state index in [0.29, 0.717) is 5.46 Å². The molecule has 3 aromatic carbocycles. The minimum atomic E-state index is -2.47. The van der Waals surface area contributed by atoms with E-state index in [4.69, 9.17) is 8.22 Å². The largest absolute Gasteiger partial charge is 0.242 e. The summed E-state index contributed by atoms with van der Waals surface area (Å²) in [7, 11) is 0. The molecule has 0 fully saturated rings. The standard InChI is InChI=1S/C28H35B/c1-20-14-13-15-21(2)26(20)29(24-18-11-9-16-22(24)27(3,4)5)25-19-12-10-17-23(25)28(6,7)8/h9-19H,1-8H3/i1D3,2D3. The topological polar surface area (TPSA) is 0 Å². The predicted octanol–water partition coefficient (Wildman–Crippen LogP) is 5.41. The molecule has 0 unspecified atom stereocenters. The molecule has 0 aliphatic heterocycles. The number of hydrogen-bond donors (Lipinski definition) is 0. The lowest BCUT2D eigenvalue weighted by molar-refractivity contribution is 0.593. The number of rotatable bonds is 3. The summed E-state index contributed by atoms with van der Waals surface area (Å²) >= 11 is 0. The van der Waals surface area contributed by atoms with Gasteiger partial charge < -0.3 is 0 Å². The third-order valence-electron chi connectivity index (χ3n) is 5.55. The van der Waals surface area contributed by atoms with E-state index in [1.165, 1.54) is 0 Å². The second-order valence-electron chi connectivity index (χ2n) is 9.87. The van der Waals surface area contributed by atoms with Gasteiger partial charge in [0.25, 0.3) is 0 Å². The van der Waals surface area contributed by atoms with Gasteiger partial charge in [-0.25, -0.2) is 0 Å². The minimum absolute atomic E-state index is 0.0866. The van der Waals surface area contributed by atoms with Crippen molar-refractivity contribution in [3.8, 4) is 0 Å². The first-order chi connectivity index (χ1) is 15.9. The van der Waals surface area contributed by atoms with Crippen LogP contribution in [0.15, 0.2) is 66.7 Å². The quantitative estimate of drug-likeness (QED) is 0.526. The molecule has 0 atom stereocenters. The second-order valence-corrected chi connectivity index (χ2v) is 9.87. The van der Waals surface area contributed by atoms with Crippen LogP contribution in [0.4, 0.5) is 0 Å². The summed E-state index contributed by atoms with van der Waals surface area (Å²) in [6.45, 7) is 7.24. The Kier molecular flexibility index (Phi) is 3.98. The Morgan fingerprint density at radius 3 is 1.38 bits per heavy atom. The van der Waals surface area contributed by atoms with Crippen molar-refractivity contribution in [2.24, 2.45) is 0 Å². The van der Waals surface area contributed by atoms with E-state index in [-0.39, 0.29) is 22.0 Å². The van der Waals surface area contributed by atoms with E-state index in [0.717, 1.165) is 22.1 Å². The Bertz CT molecular complexity index is 1100. The fourth-order valence-electron chi connectivity index (χ4n) is 4.22. The zero-order valence-corrected chi connectivity index (χ0v) is 18.4. The number of aryl methyl sites for hydroxylation is 2.